The summed E-state index contributed by atoms with van der Waals surface area (Å²) in [5, 5.41) is 0.834. The third kappa shape index (κ3) is 7.08. The molecular formula is C30H36O5. The number of carbonyl (C=O) groups excluding carboxylic acids is 1. The van der Waals surface area contributed by atoms with Crippen LogP contribution in [0, 0.1) is 12.8 Å². The lowest BCUT2D eigenvalue weighted by Crippen LogP contribution is -2.20. The minimum Gasteiger partial charge on any atom is -0.493 e. The van der Waals surface area contributed by atoms with Crippen molar-refractivity contribution in [1.29, 1.82) is 0 Å². The fraction of sp³-hybridized carbons (Fsp3) is 0.400. The molecule has 0 bridgehead atoms. The molecule has 0 aliphatic heterocycles. The third-order valence-corrected chi connectivity index (χ3v) is 6.22. The van der Waals surface area contributed by atoms with Crippen LogP contribution in [0.3, 0.4) is 0 Å². The molecular weight excluding hydrogens is 440 g/mol. The van der Waals surface area contributed by atoms with E-state index in [4.69, 9.17) is 13.9 Å². The number of hydrogen-bond donors (Lipinski definition) is 0. The van der Waals surface area contributed by atoms with Crippen molar-refractivity contribution in [2.24, 2.45) is 5.92 Å². The minimum atomic E-state index is -0.395. The SMILES string of the molecule is C=C(C)C(=O)OCC(CC)COc1ccc2cc(-c3ccc(CCCCC)cc3C)c(=O)oc2c1. The molecule has 0 N–H and O–H groups in total. The highest BCUT2D eigenvalue weighted by molar-refractivity contribution is 5.87. The Morgan fingerprint density at radius 3 is 2.51 bits per heavy atom. The van der Waals surface area contributed by atoms with Crippen LogP contribution in [0.4, 0.5) is 0 Å². The summed E-state index contributed by atoms with van der Waals surface area (Å²) in [6.07, 6.45) is 5.45. The molecule has 5 nitrogen and oxygen atoms in total. The molecule has 1 atom stereocenters. The fourth-order valence-corrected chi connectivity index (χ4v) is 3.95. The number of unbranched alkanes of at least 4 members (excludes halogenated alkanes) is 2. The van der Waals surface area contributed by atoms with Gasteiger partial charge in [-0.2, -0.15) is 0 Å². The monoisotopic (exact) mass is 476 g/mol. The summed E-state index contributed by atoms with van der Waals surface area (Å²) in [6, 6.07) is 13.7. The number of aryl methyl sites for hydroxylation is 2. The van der Waals surface area contributed by atoms with E-state index in [0.29, 0.717) is 29.1 Å². The predicted molar refractivity (Wildman–Crippen MR) is 141 cm³/mol. The largest absolute Gasteiger partial charge is 0.493 e. The van der Waals surface area contributed by atoms with Crippen molar-refractivity contribution in [3.8, 4) is 16.9 Å². The maximum atomic E-state index is 12.8. The molecule has 0 saturated heterocycles. The first-order valence-corrected chi connectivity index (χ1v) is 12.5. The number of carbonyl (C=O) groups is 1. The normalized spacial score (nSPS) is 11.9. The zero-order valence-electron chi connectivity index (χ0n) is 21.3. The van der Waals surface area contributed by atoms with Gasteiger partial charge in [0, 0.05) is 22.9 Å². The average molecular weight is 477 g/mol. The maximum Gasteiger partial charge on any atom is 0.344 e. The van der Waals surface area contributed by atoms with Gasteiger partial charge < -0.3 is 13.9 Å². The fourth-order valence-electron chi connectivity index (χ4n) is 3.95. The number of ether oxygens (including phenoxy) is 2. The average Bonchev–Trinajstić information content (AvgIpc) is 2.84. The van der Waals surface area contributed by atoms with Crippen LogP contribution in [0.25, 0.3) is 22.1 Å². The molecule has 0 amide bonds. The Kier molecular flexibility index (Phi) is 9.30. The van der Waals surface area contributed by atoms with Gasteiger partial charge in [-0.15, -0.1) is 0 Å². The second kappa shape index (κ2) is 12.4. The van der Waals surface area contributed by atoms with Gasteiger partial charge in [0.15, 0.2) is 0 Å². The molecule has 1 unspecified atom stereocenters. The summed E-state index contributed by atoms with van der Waals surface area (Å²) in [7, 11) is 0. The zero-order valence-corrected chi connectivity index (χ0v) is 21.3. The Bertz CT molecular complexity index is 1240. The van der Waals surface area contributed by atoms with E-state index < -0.39 is 5.97 Å². The van der Waals surface area contributed by atoms with Crippen LogP contribution < -0.4 is 10.4 Å². The molecule has 0 aliphatic rings. The van der Waals surface area contributed by atoms with Crippen molar-refractivity contribution in [3.05, 3.63) is 76.2 Å². The lowest BCUT2D eigenvalue weighted by Gasteiger charge is -2.16. The Morgan fingerprint density at radius 2 is 1.83 bits per heavy atom. The summed E-state index contributed by atoms with van der Waals surface area (Å²) < 4.78 is 16.8. The van der Waals surface area contributed by atoms with Crippen LogP contribution in [0.2, 0.25) is 0 Å². The highest BCUT2D eigenvalue weighted by Gasteiger charge is 2.14. The van der Waals surface area contributed by atoms with Gasteiger partial charge in [-0.05, 0) is 68.0 Å². The van der Waals surface area contributed by atoms with Crippen LogP contribution in [0.5, 0.6) is 5.75 Å². The first kappa shape index (κ1) is 26.3. The zero-order chi connectivity index (χ0) is 25.4. The van der Waals surface area contributed by atoms with Gasteiger partial charge >= 0.3 is 11.6 Å². The van der Waals surface area contributed by atoms with Gasteiger partial charge in [0.25, 0.3) is 0 Å². The molecule has 0 saturated carbocycles. The number of fused-ring (bicyclic) bond motifs is 1. The molecule has 5 heteroatoms. The molecule has 1 aromatic heterocycles. The standard InChI is InChI=1S/C30H36O5/c1-6-8-9-10-23-11-14-26(21(5)15-23)27-16-24-12-13-25(17-28(24)35-30(27)32)33-18-22(7-2)19-34-29(31)20(3)4/h11-17,22H,3,6-10,18-19H2,1-2,4-5H3. The Labute approximate surface area is 207 Å². The van der Waals surface area contributed by atoms with Gasteiger partial charge in [-0.1, -0.05) is 51.5 Å². The topological polar surface area (TPSA) is 65.7 Å². The number of esters is 1. The molecule has 0 fully saturated rings. The van der Waals surface area contributed by atoms with E-state index in [2.05, 4.69) is 25.6 Å². The van der Waals surface area contributed by atoms with Crippen LogP contribution in [-0.4, -0.2) is 19.2 Å². The summed E-state index contributed by atoms with van der Waals surface area (Å²) >= 11 is 0. The summed E-state index contributed by atoms with van der Waals surface area (Å²) in [5.41, 5.74) is 4.32. The van der Waals surface area contributed by atoms with Gasteiger partial charge in [0.1, 0.15) is 11.3 Å². The second-order valence-corrected chi connectivity index (χ2v) is 9.22. The van der Waals surface area contributed by atoms with Crippen LogP contribution in [-0.2, 0) is 16.0 Å². The van der Waals surface area contributed by atoms with E-state index in [1.165, 1.54) is 24.8 Å². The first-order valence-electron chi connectivity index (χ1n) is 12.5. The Morgan fingerprint density at radius 1 is 1.03 bits per heavy atom. The molecule has 0 radical (unpaired) electrons. The maximum absolute atomic E-state index is 12.8. The molecule has 0 spiro atoms. The van der Waals surface area contributed by atoms with Crippen molar-refractivity contribution in [2.45, 2.75) is 59.8 Å². The Hall–Kier alpha value is -3.34. The minimum absolute atomic E-state index is 0.0521. The number of hydrogen-bond acceptors (Lipinski definition) is 5. The second-order valence-electron chi connectivity index (χ2n) is 9.22. The smallest absolute Gasteiger partial charge is 0.344 e. The van der Waals surface area contributed by atoms with E-state index in [9.17, 15) is 9.59 Å². The van der Waals surface area contributed by atoms with Gasteiger partial charge in [0.05, 0.1) is 18.8 Å². The van der Waals surface area contributed by atoms with Crippen LogP contribution >= 0.6 is 0 Å². The molecule has 3 aromatic rings. The van der Waals surface area contributed by atoms with Crippen molar-refractivity contribution in [1.82, 2.24) is 0 Å². The van der Waals surface area contributed by atoms with E-state index in [0.717, 1.165) is 29.4 Å². The molecule has 35 heavy (non-hydrogen) atoms. The Balaban J connectivity index is 1.73. The van der Waals surface area contributed by atoms with Gasteiger partial charge in [-0.25, -0.2) is 9.59 Å². The van der Waals surface area contributed by atoms with Gasteiger partial charge in [0.2, 0.25) is 0 Å². The quantitative estimate of drug-likeness (QED) is 0.122. The summed E-state index contributed by atoms with van der Waals surface area (Å²) in [6.45, 7) is 12.1. The molecule has 3 rings (SSSR count). The predicted octanol–water partition coefficient (Wildman–Crippen LogP) is 7.03. The third-order valence-electron chi connectivity index (χ3n) is 6.22. The van der Waals surface area contributed by atoms with Crippen molar-refractivity contribution in [3.63, 3.8) is 0 Å². The summed E-state index contributed by atoms with van der Waals surface area (Å²) in [5.74, 6) is 0.259. The van der Waals surface area contributed by atoms with Crippen molar-refractivity contribution < 1.29 is 18.7 Å². The molecule has 2 aromatic carbocycles. The van der Waals surface area contributed by atoms with Crippen molar-refractivity contribution in [2.75, 3.05) is 13.2 Å². The van der Waals surface area contributed by atoms with E-state index in [1.807, 2.05) is 38.1 Å². The molecule has 186 valence electrons. The van der Waals surface area contributed by atoms with E-state index in [1.54, 1.807) is 13.0 Å². The lowest BCUT2D eigenvalue weighted by atomic mass is 9.97. The molecule has 1 heterocycles. The number of rotatable bonds is 12. The van der Waals surface area contributed by atoms with Crippen LogP contribution in [0.15, 0.2) is 63.8 Å². The van der Waals surface area contributed by atoms with E-state index in [-0.39, 0.29) is 18.2 Å². The number of benzene rings is 2. The van der Waals surface area contributed by atoms with Gasteiger partial charge in [-0.3, -0.25) is 0 Å². The van der Waals surface area contributed by atoms with Crippen LogP contribution in [0.1, 0.15) is 57.6 Å². The summed E-state index contributed by atoms with van der Waals surface area (Å²) in [4.78, 5) is 24.5. The molecule has 0 aliphatic carbocycles. The van der Waals surface area contributed by atoms with Crippen molar-refractivity contribution >= 4 is 16.9 Å². The highest BCUT2D eigenvalue weighted by atomic mass is 16.5. The first-order chi connectivity index (χ1) is 16.8. The van der Waals surface area contributed by atoms with E-state index >= 15 is 0 Å². The lowest BCUT2D eigenvalue weighted by molar-refractivity contribution is -0.140. The highest BCUT2D eigenvalue weighted by Crippen LogP contribution is 2.27.